The third-order valence-corrected chi connectivity index (χ3v) is 2.65. The molecule has 1 aromatic heterocycles. The van der Waals surface area contributed by atoms with E-state index < -0.39 is 0 Å². The van der Waals surface area contributed by atoms with E-state index in [-0.39, 0.29) is 11.9 Å². The molecule has 1 atom stereocenters. The van der Waals surface area contributed by atoms with Crippen LogP contribution in [-0.2, 0) is 4.74 Å². The number of hydrogen-bond donors (Lipinski definition) is 2. The summed E-state index contributed by atoms with van der Waals surface area (Å²) in [6.07, 6.45) is 2.85. The second kappa shape index (κ2) is 5.07. The van der Waals surface area contributed by atoms with Crippen LogP contribution in [0.15, 0.2) is 12.4 Å². The van der Waals surface area contributed by atoms with Crippen molar-refractivity contribution in [3.8, 4) is 0 Å². The lowest BCUT2D eigenvalue weighted by atomic mass is 10.2. The number of hydrazine groups is 1. The Labute approximate surface area is 98.9 Å². The number of nitrogens with zero attached hydrogens (tertiary/aromatic N) is 3. The molecule has 2 heterocycles. The highest BCUT2D eigenvalue weighted by Gasteiger charge is 2.25. The maximum atomic E-state index is 12.1. The average Bonchev–Trinajstić information content (AvgIpc) is 2.39. The number of carbonyl (C=O) groups is 1. The van der Waals surface area contributed by atoms with Gasteiger partial charge in [0.15, 0.2) is 5.82 Å². The van der Waals surface area contributed by atoms with E-state index in [2.05, 4.69) is 15.4 Å². The van der Waals surface area contributed by atoms with E-state index in [1.54, 1.807) is 4.90 Å². The van der Waals surface area contributed by atoms with E-state index in [0.29, 0.717) is 31.3 Å². The lowest BCUT2D eigenvalue weighted by Gasteiger charge is -2.32. The molecular formula is C10H15N5O2. The van der Waals surface area contributed by atoms with Crippen LogP contribution in [0.5, 0.6) is 0 Å². The molecule has 92 valence electrons. The van der Waals surface area contributed by atoms with Gasteiger partial charge in [-0.15, -0.1) is 0 Å². The van der Waals surface area contributed by atoms with Crippen LogP contribution in [0.25, 0.3) is 0 Å². The number of anilines is 1. The Bertz CT molecular complexity index is 394. The minimum atomic E-state index is -0.128. The summed E-state index contributed by atoms with van der Waals surface area (Å²) in [7, 11) is 0. The molecule has 1 unspecified atom stereocenters. The number of aromatic nitrogens is 2. The zero-order chi connectivity index (χ0) is 12.3. The van der Waals surface area contributed by atoms with E-state index in [1.165, 1.54) is 12.4 Å². The third kappa shape index (κ3) is 2.51. The third-order valence-electron chi connectivity index (χ3n) is 2.65. The Morgan fingerprint density at radius 2 is 2.41 bits per heavy atom. The molecule has 0 aromatic carbocycles. The number of ether oxygens (including phenoxy) is 1. The maximum absolute atomic E-state index is 12.1. The normalized spacial score (nSPS) is 20.1. The Morgan fingerprint density at radius 3 is 3.00 bits per heavy atom. The largest absolute Gasteiger partial charge is 0.377 e. The van der Waals surface area contributed by atoms with Crippen molar-refractivity contribution in [3.63, 3.8) is 0 Å². The van der Waals surface area contributed by atoms with Crippen LogP contribution in [-0.4, -0.2) is 46.6 Å². The minimum Gasteiger partial charge on any atom is -0.377 e. The lowest BCUT2D eigenvalue weighted by molar-refractivity contribution is 0.00325. The molecule has 1 aliphatic rings. The number of hydrogen-bond acceptors (Lipinski definition) is 6. The molecule has 0 radical (unpaired) electrons. The maximum Gasteiger partial charge on any atom is 0.274 e. The zero-order valence-corrected chi connectivity index (χ0v) is 9.59. The Kier molecular flexibility index (Phi) is 3.50. The number of rotatable bonds is 2. The Morgan fingerprint density at radius 1 is 1.59 bits per heavy atom. The van der Waals surface area contributed by atoms with Gasteiger partial charge in [-0.05, 0) is 6.92 Å². The second-order valence-corrected chi connectivity index (χ2v) is 3.85. The van der Waals surface area contributed by atoms with Gasteiger partial charge in [-0.25, -0.2) is 15.8 Å². The quantitative estimate of drug-likeness (QED) is 0.538. The van der Waals surface area contributed by atoms with Crippen LogP contribution in [0.3, 0.4) is 0 Å². The van der Waals surface area contributed by atoms with Gasteiger partial charge < -0.3 is 15.1 Å². The topological polar surface area (TPSA) is 93.4 Å². The van der Waals surface area contributed by atoms with Crippen molar-refractivity contribution in [2.24, 2.45) is 5.84 Å². The van der Waals surface area contributed by atoms with Gasteiger partial charge in [0, 0.05) is 6.54 Å². The van der Waals surface area contributed by atoms with Gasteiger partial charge in [-0.3, -0.25) is 4.79 Å². The van der Waals surface area contributed by atoms with E-state index >= 15 is 0 Å². The molecule has 1 amide bonds. The van der Waals surface area contributed by atoms with E-state index in [0.717, 1.165) is 0 Å². The summed E-state index contributed by atoms with van der Waals surface area (Å²) in [5.41, 5.74) is 2.68. The molecule has 1 aliphatic heterocycles. The van der Waals surface area contributed by atoms with Crippen LogP contribution in [0.4, 0.5) is 5.82 Å². The number of nitrogen functional groups attached to an aromatic ring is 1. The number of amides is 1. The molecule has 0 saturated carbocycles. The summed E-state index contributed by atoms with van der Waals surface area (Å²) in [4.78, 5) is 21.8. The van der Waals surface area contributed by atoms with Gasteiger partial charge in [-0.1, -0.05) is 0 Å². The fourth-order valence-electron chi connectivity index (χ4n) is 1.69. The summed E-state index contributed by atoms with van der Waals surface area (Å²) in [5, 5.41) is 0. The number of carbonyl (C=O) groups excluding carboxylic acids is 1. The number of nitrogens with two attached hydrogens (primary N) is 1. The van der Waals surface area contributed by atoms with E-state index in [1.807, 2.05) is 6.92 Å². The van der Waals surface area contributed by atoms with E-state index in [9.17, 15) is 4.79 Å². The van der Waals surface area contributed by atoms with Gasteiger partial charge >= 0.3 is 0 Å². The van der Waals surface area contributed by atoms with Crippen molar-refractivity contribution < 1.29 is 9.53 Å². The Hall–Kier alpha value is -1.73. The van der Waals surface area contributed by atoms with Crippen molar-refractivity contribution >= 4 is 11.7 Å². The molecule has 7 heteroatoms. The first-order valence-electron chi connectivity index (χ1n) is 5.39. The van der Waals surface area contributed by atoms with Gasteiger partial charge in [0.25, 0.3) is 5.91 Å². The van der Waals surface area contributed by atoms with Crippen molar-refractivity contribution in [2.45, 2.75) is 13.0 Å². The predicted octanol–water partition coefficient (Wildman–Crippen LogP) is -0.377. The fraction of sp³-hybridized carbons (Fsp3) is 0.500. The van der Waals surface area contributed by atoms with Crippen LogP contribution < -0.4 is 11.3 Å². The van der Waals surface area contributed by atoms with Gasteiger partial charge in [0.1, 0.15) is 5.69 Å². The van der Waals surface area contributed by atoms with Crippen LogP contribution >= 0.6 is 0 Å². The van der Waals surface area contributed by atoms with Crippen molar-refractivity contribution in [3.05, 3.63) is 18.1 Å². The fourth-order valence-corrected chi connectivity index (χ4v) is 1.69. The molecule has 1 saturated heterocycles. The number of nitrogens with one attached hydrogen (secondary N) is 1. The van der Waals surface area contributed by atoms with E-state index in [4.69, 9.17) is 10.6 Å². The number of morpholine rings is 1. The van der Waals surface area contributed by atoms with Crippen LogP contribution in [0.1, 0.15) is 17.4 Å². The average molecular weight is 237 g/mol. The highest BCUT2D eigenvalue weighted by atomic mass is 16.5. The Balaban J connectivity index is 2.12. The van der Waals surface area contributed by atoms with Crippen molar-refractivity contribution in [1.29, 1.82) is 0 Å². The summed E-state index contributed by atoms with van der Waals surface area (Å²) < 4.78 is 5.28. The first-order chi connectivity index (χ1) is 8.22. The molecule has 0 bridgehead atoms. The molecule has 2 rings (SSSR count). The predicted molar refractivity (Wildman–Crippen MR) is 61.2 cm³/mol. The van der Waals surface area contributed by atoms with Crippen molar-refractivity contribution in [2.75, 3.05) is 25.2 Å². The summed E-state index contributed by atoms with van der Waals surface area (Å²) >= 11 is 0. The smallest absolute Gasteiger partial charge is 0.274 e. The summed E-state index contributed by atoms with van der Waals surface area (Å²) in [5.74, 6) is 5.48. The lowest BCUT2D eigenvalue weighted by Crippen LogP contribution is -2.47. The van der Waals surface area contributed by atoms with Gasteiger partial charge in [0.2, 0.25) is 0 Å². The molecular weight excluding hydrogens is 222 g/mol. The first-order valence-corrected chi connectivity index (χ1v) is 5.39. The van der Waals surface area contributed by atoms with Crippen molar-refractivity contribution in [1.82, 2.24) is 14.9 Å². The molecule has 1 aromatic rings. The SMILES string of the molecule is CC1COCCN1C(=O)c1cnc(NN)cn1. The zero-order valence-electron chi connectivity index (χ0n) is 9.59. The minimum absolute atomic E-state index is 0.0605. The molecule has 17 heavy (non-hydrogen) atoms. The monoisotopic (exact) mass is 237 g/mol. The van der Waals surface area contributed by atoms with Gasteiger partial charge in [0.05, 0.1) is 31.6 Å². The molecule has 0 spiro atoms. The second-order valence-electron chi connectivity index (χ2n) is 3.85. The van der Waals surface area contributed by atoms with Crippen LogP contribution in [0, 0.1) is 0 Å². The molecule has 3 N–H and O–H groups in total. The first kappa shape index (κ1) is 11.7. The van der Waals surface area contributed by atoms with Gasteiger partial charge in [-0.2, -0.15) is 0 Å². The summed E-state index contributed by atoms with van der Waals surface area (Å²) in [6.45, 7) is 3.65. The highest BCUT2D eigenvalue weighted by molar-refractivity contribution is 5.92. The highest BCUT2D eigenvalue weighted by Crippen LogP contribution is 2.10. The standard InChI is InChI=1S/C10H15N5O2/c1-7-6-17-3-2-15(7)10(16)8-4-13-9(14-11)5-12-8/h4-5,7H,2-3,6,11H2,1H3,(H,13,14). The summed E-state index contributed by atoms with van der Waals surface area (Å²) in [6, 6.07) is 0.0605. The van der Waals surface area contributed by atoms with Crippen LogP contribution in [0.2, 0.25) is 0 Å². The molecule has 0 aliphatic carbocycles. The molecule has 1 fully saturated rings. The molecule has 7 nitrogen and oxygen atoms in total.